The summed E-state index contributed by atoms with van der Waals surface area (Å²) in [5.74, 6) is 1.73. The Labute approximate surface area is 128 Å². The van der Waals surface area contributed by atoms with Crippen molar-refractivity contribution in [2.24, 2.45) is 0 Å². The molecule has 106 valence electrons. The van der Waals surface area contributed by atoms with Crippen LogP contribution >= 0.6 is 11.8 Å². The van der Waals surface area contributed by atoms with Gasteiger partial charge in [0.15, 0.2) is 0 Å². The van der Waals surface area contributed by atoms with Crippen molar-refractivity contribution in [3.8, 4) is 0 Å². The van der Waals surface area contributed by atoms with E-state index in [1.165, 1.54) is 15.7 Å². The molecule has 1 N–H and O–H groups in total. The molecule has 2 aromatic carbocycles. The molecular formula is C17H17N3S. The van der Waals surface area contributed by atoms with Crippen LogP contribution in [0.4, 0.5) is 5.82 Å². The molecule has 21 heavy (non-hydrogen) atoms. The summed E-state index contributed by atoms with van der Waals surface area (Å²) in [7, 11) is 1.88. The average molecular weight is 295 g/mol. The molecule has 0 aliphatic heterocycles. The summed E-state index contributed by atoms with van der Waals surface area (Å²) in [4.78, 5) is 10.2. The zero-order chi connectivity index (χ0) is 14.7. The highest BCUT2D eigenvalue weighted by Crippen LogP contribution is 2.30. The third-order valence-electron chi connectivity index (χ3n) is 3.26. The summed E-state index contributed by atoms with van der Waals surface area (Å²) in [5.41, 5.74) is 0. The van der Waals surface area contributed by atoms with E-state index < -0.39 is 0 Å². The Balaban J connectivity index is 1.94. The maximum Gasteiger partial charge on any atom is 0.131 e. The van der Waals surface area contributed by atoms with Gasteiger partial charge in [-0.25, -0.2) is 9.97 Å². The Kier molecular flexibility index (Phi) is 4.06. The molecule has 3 nitrogen and oxygen atoms in total. The van der Waals surface area contributed by atoms with Crippen LogP contribution in [-0.2, 0) is 6.42 Å². The van der Waals surface area contributed by atoms with Gasteiger partial charge >= 0.3 is 0 Å². The molecule has 0 fully saturated rings. The predicted octanol–water partition coefficient (Wildman–Crippen LogP) is 4.39. The number of nitrogens with zero attached hydrogens (tertiary/aromatic N) is 2. The number of nitrogens with one attached hydrogen (secondary N) is 1. The van der Waals surface area contributed by atoms with E-state index in [2.05, 4.69) is 64.7 Å². The highest BCUT2D eigenvalue weighted by molar-refractivity contribution is 7.99. The molecule has 3 rings (SSSR count). The maximum atomic E-state index is 4.59. The first-order chi connectivity index (χ1) is 10.3. The van der Waals surface area contributed by atoms with Gasteiger partial charge in [0, 0.05) is 24.4 Å². The highest BCUT2D eigenvalue weighted by atomic mass is 32.2. The summed E-state index contributed by atoms with van der Waals surface area (Å²) in [6.45, 7) is 2.07. The molecule has 1 aromatic heterocycles. The van der Waals surface area contributed by atoms with Crippen LogP contribution in [0.2, 0.25) is 0 Å². The van der Waals surface area contributed by atoms with Gasteiger partial charge < -0.3 is 5.32 Å². The Morgan fingerprint density at radius 1 is 1.00 bits per heavy atom. The number of anilines is 1. The van der Waals surface area contributed by atoms with Crippen molar-refractivity contribution in [2.45, 2.75) is 23.3 Å². The number of benzene rings is 2. The third-order valence-corrected chi connectivity index (χ3v) is 4.17. The van der Waals surface area contributed by atoms with Crippen molar-refractivity contribution in [1.82, 2.24) is 9.97 Å². The Hall–Kier alpha value is -2.07. The molecule has 0 aliphatic rings. The lowest BCUT2D eigenvalue weighted by atomic mass is 10.1. The standard InChI is InChI=1S/C17H17N3S/c1-3-15-19-16(18-2)11-17(20-15)21-14-9-8-12-6-4-5-7-13(12)10-14/h4-11H,3H2,1-2H3,(H,18,19,20). The van der Waals surface area contributed by atoms with Crippen molar-refractivity contribution in [3.63, 3.8) is 0 Å². The number of hydrogen-bond donors (Lipinski definition) is 1. The van der Waals surface area contributed by atoms with Crippen molar-refractivity contribution >= 4 is 28.4 Å². The van der Waals surface area contributed by atoms with E-state index in [0.29, 0.717) is 0 Å². The smallest absolute Gasteiger partial charge is 0.131 e. The fourth-order valence-electron chi connectivity index (χ4n) is 2.16. The van der Waals surface area contributed by atoms with Crippen LogP contribution in [0.5, 0.6) is 0 Å². The Morgan fingerprint density at radius 3 is 2.57 bits per heavy atom. The zero-order valence-electron chi connectivity index (χ0n) is 12.1. The molecule has 0 radical (unpaired) electrons. The summed E-state index contributed by atoms with van der Waals surface area (Å²) in [6.07, 6.45) is 0.834. The lowest BCUT2D eigenvalue weighted by Crippen LogP contribution is -2.00. The SMILES string of the molecule is CCc1nc(NC)cc(Sc2ccc3ccccc3c2)n1. The predicted molar refractivity (Wildman–Crippen MR) is 89.0 cm³/mol. The van der Waals surface area contributed by atoms with Gasteiger partial charge in [0.25, 0.3) is 0 Å². The topological polar surface area (TPSA) is 37.8 Å². The quantitative estimate of drug-likeness (QED) is 0.725. The Bertz CT molecular complexity index is 749. The average Bonchev–Trinajstić information content (AvgIpc) is 2.54. The van der Waals surface area contributed by atoms with E-state index in [0.717, 1.165) is 23.1 Å². The fourth-order valence-corrected chi connectivity index (χ4v) is 3.05. The van der Waals surface area contributed by atoms with Gasteiger partial charge in [-0.1, -0.05) is 49.0 Å². The van der Waals surface area contributed by atoms with Crippen molar-refractivity contribution in [3.05, 3.63) is 54.4 Å². The molecule has 0 unspecified atom stereocenters. The minimum atomic E-state index is 0.834. The molecule has 4 heteroatoms. The number of hydrogen-bond acceptors (Lipinski definition) is 4. The van der Waals surface area contributed by atoms with Gasteiger partial charge in [-0.05, 0) is 22.9 Å². The first kappa shape index (κ1) is 13.9. The molecule has 1 heterocycles. The molecule has 0 atom stereocenters. The van der Waals surface area contributed by atoms with E-state index in [9.17, 15) is 0 Å². The van der Waals surface area contributed by atoms with Crippen LogP contribution in [-0.4, -0.2) is 17.0 Å². The largest absolute Gasteiger partial charge is 0.373 e. The summed E-state index contributed by atoms with van der Waals surface area (Å²) >= 11 is 1.67. The van der Waals surface area contributed by atoms with Crippen molar-refractivity contribution in [2.75, 3.05) is 12.4 Å². The molecule has 0 spiro atoms. The summed E-state index contributed by atoms with van der Waals surface area (Å²) < 4.78 is 0. The van der Waals surface area contributed by atoms with Gasteiger partial charge in [-0.2, -0.15) is 0 Å². The van der Waals surface area contributed by atoms with Crippen LogP contribution in [0.25, 0.3) is 10.8 Å². The van der Waals surface area contributed by atoms with E-state index in [1.807, 2.05) is 13.1 Å². The minimum Gasteiger partial charge on any atom is -0.373 e. The molecule has 0 amide bonds. The molecule has 0 saturated heterocycles. The van der Waals surface area contributed by atoms with Crippen molar-refractivity contribution < 1.29 is 0 Å². The zero-order valence-corrected chi connectivity index (χ0v) is 12.9. The van der Waals surface area contributed by atoms with E-state index in [1.54, 1.807) is 11.8 Å². The van der Waals surface area contributed by atoms with Crippen LogP contribution in [0, 0.1) is 0 Å². The minimum absolute atomic E-state index is 0.834. The summed E-state index contributed by atoms with van der Waals surface area (Å²) in [6, 6.07) is 16.9. The van der Waals surface area contributed by atoms with E-state index in [-0.39, 0.29) is 0 Å². The molecular weight excluding hydrogens is 278 g/mol. The van der Waals surface area contributed by atoms with Crippen LogP contribution in [0.15, 0.2) is 58.5 Å². The number of aromatic nitrogens is 2. The first-order valence-corrected chi connectivity index (χ1v) is 7.82. The summed E-state index contributed by atoms with van der Waals surface area (Å²) in [5, 5.41) is 6.58. The van der Waals surface area contributed by atoms with Gasteiger partial charge in [-0.15, -0.1) is 0 Å². The monoisotopic (exact) mass is 295 g/mol. The number of aryl methyl sites for hydroxylation is 1. The molecule has 0 saturated carbocycles. The van der Waals surface area contributed by atoms with Crippen LogP contribution < -0.4 is 5.32 Å². The highest BCUT2D eigenvalue weighted by Gasteiger charge is 2.05. The third kappa shape index (κ3) is 3.16. The molecule has 0 aliphatic carbocycles. The molecule has 0 bridgehead atoms. The fraction of sp³-hybridized carbons (Fsp3) is 0.176. The molecule has 3 aromatic rings. The van der Waals surface area contributed by atoms with Gasteiger partial charge in [-0.3, -0.25) is 0 Å². The second-order valence-corrected chi connectivity index (χ2v) is 5.82. The maximum absolute atomic E-state index is 4.59. The van der Waals surface area contributed by atoms with Gasteiger partial charge in [0.1, 0.15) is 16.7 Å². The first-order valence-electron chi connectivity index (χ1n) is 7.01. The second-order valence-electron chi connectivity index (χ2n) is 4.72. The van der Waals surface area contributed by atoms with E-state index >= 15 is 0 Å². The van der Waals surface area contributed by atoms with Gasteiger partial charge in [0.05, 0.1) is 0 Å². The second kappa shape index (κ2) is 6.14. The normalized spacial score (nSPS) is 10.8. The van der Waals surface area contributed by atoms with Crippen molar-refractivity contribution in [1.29, 1.82) is 0 Å². The lowest BCUT2D eigenvalue weighted by Gasteiger charge is -2.07. The number of fused-ring (bicyclic) bond motifs is 1. The number of rotatable bonds is 4. The van der Waals surface area contributed by atoms with Crippen LogP contribution in [0.1, 0.15) is 12.7 Å². The Morgan fingerprint density at radius 2 is 1.81 bits per heavy atom. The van der Waals surface area contributed by atoms with E-state index in [4.69, 9.17) is 0 Å². The lowest BCUT2D eigenvalue weighted by molar-refractivity contribution is 0.891. The van der Waals surface area contributed by atoms with Crippen LogP contribution in [0.3, 0.4) is 0 Å². The van der Waals surface area contributed by atoms with Gasteiger partial charge in [0.2, 0.25) is 0 Å².